The topological polar surface area (TPSA) is 47.6 Å². The van der Waals surface area contributed by atoms with E-state index in [9.17, 15) is 4.79 Å². The number of carbonyl (C=O) groups excluding carboxylic acids is 1. The SMILES string of the molecule is C/C=C\C(=C/C)CNC(=O)c1ccc2c(c1)OCCO2. The zero-order chi connectivity index (χ0) is 14.4. The number of benzene rings is 1. The molecule has 2 rings (SSSR count). The lowest BCUT2D eigenvalue weighted by atomic mass is 10.1. The van der Waals surface area contributed by atoms with Crippen LogP contribution in [0, 0.1) is 0 Å². The van der Waals surface area contributed by atoms with Gasteiger partial charge in [-0.25, -0.2) is 0 Å². The number of ether oxygens (including phenoxy) is 2. The molecule has 4 nitrogen and oxygen atoms in total. The molecule has 1 amide bonds. The molecule has 0 aliphatic carbocycles. The summed E-state index contributed by atoms with van der Waals surface area (Å²) in [4.78, 5) is 12.1. The lowest BCUT2D eigenvalue weighted by Gasteiger charge is -2.18. The molecule has 0 spiro atoms. The zero-order valence-electron chi connectivity index (χ0n) is 11.8. The van der Waals surface area contributed by atoms with Crippen LogP contribution in [-0.2, 0) is 0 Å². The minimum Gasteiger partial charge on any atom is -0.486 e. The summed E-state index contributed by atoms with van der Waals surface area (Å²) >= 11 is 0. The van der Waals surface area contributed by atoms with Crippen LogP contribution in [-0.4, -0.2) is 25.7 Å². The van der Waals surface area contributed by atoms with Gasteiger partial charge in [-0.3, -0.25) is 4.79 Å². The Morgan fingerprint density at radius 2 is 2.00 bits per heavy atom. The largest absolute Gasteiger partial charge is 0.486 e. The summed E-state index contributed by atoms with van der Waals surface area (Å²) in [6, 6.07) is 5.23. The molecular formula is C16H19NO3. The van der Waals surface area contributed by atoms with Crippen LogP contribution in [0.15, 0.2) is 42.0 Å². The molecule has 4 heteroatoms. The number of rotatable bonds is 4. The molecular weight excluding hydrogens is 254 g/mol. The van der Waals surface area contributed by atoms with Gasteiger partial charge in [-0.1, -0.05) is 18.2 Å². The first kappa shape index (κ1) is 14.2. The molecule has 106 valence electrons. The molecule has 1 heterocycles. The van der Waals surface area contributed by atoms with Crippen molar-refractivity contribution in [2.75, 3.05) is 19.8 Å². The standard InChI is InChI=1S/C16H19NO3/c1-3-5-12(4-2)11-17-16(18)13-6-7-14-15(10-13)20-9-8-19-14/h3-7,10H,8-9,11H2,1-2H3,(H,17,18)/b5-3-,12-4+. The van der Waals surface area contributed by atoms with Crippen molar-refractivity contribution in [3.8, 4) is 11.5 Å². The Kier molecular flexibility index (Phi) is 4.82. The predicted octanol–water partition coefficient (Wildman–Crippen LogP) is 2.71. The number of fused-ring (bicyclic) bond motifs is 1. The Morgan fingerprint density at radius 3 is 2.70 bits per heavy atom. The fraction of sp³-hybridized carbons (Fsp3) is 0.312. The van der Waals surface area contributed by atoms with Crippen LogP contribution in [0.1, 0.15) is 24.2 Å². The summed E-state index contributed by atoms with van der Waals surface area (Å²) in [5, 5.41) is 2.89. The lowest BCUT2D eigenvalue weighted by molar-refractivity contribution is 0.0956. The van der Waals surface area contributed by atoms with E-state index in [2.05, 4.69) is 5.32 Å². The second-order valence-corrected chi connectivity index (χ2v) is 4.40. The first-order valence-electron chi connectivity index (χ1n) is 6.70. The van der Waals surface area contributed by atoms with Crippen molar-refractivity contribution in [2.24, 2.45) is 0 Å². The van der Waals surface area contributed by atoms with Crippen molar-refractivity contribution in [2.45, 2.75) is 13.8 Å². The third-order valence-corrected chi connectivity index (χ3v) is 3.01. The highest BCUT2D eigenvalue weighted by molar-refractivity contribution is 5.95. The van der Waals surface area contributed by atoms with Crippen LogP contribution < -0.4 is 14.8 Å². The Morgan fingerprint density at radius 1 is 1.25 bits per heavy atom. The Hall–Kier alpha value is -2.23. The number of carbonyl (C=O) groups is 1. The van der Waals surface area contributed by atoms with Gasteiger partial charge in [0.1, 0.15) is 13.2 Å². The number of allylic oxidation sites excluding steroid dienone is 2. The summed E-state index contributed by atoms with van der Waals surface area (Å²) in [6.07, 6.45) is 5.90. The van der Waals surface area contributed by atoms with Crippen molar-refractivity contribution in [3.63, 3.8) is 0 Å². The van der Waals surface area contributed by atoms with E-state index in [1.807, 2.05) is 32.1 Å². The van der Waals surface area contributed by atoms with Crippen LogP contribution in [0.5, 0.6) is 11.5 Å². The van der Waals surface area contributed by atoms with Crippen molar-refractivity contribution >= 4 is 5.91 Å². The van der Waals surface area contributed by atoms with Gasteiger partial charge in [0.25, 0.3) is 5.91 Å². The third kappa shape index (κ3) is 3.41. The van der Waals surface area contributed by atoms with E-state index in [-0.39, 0.29) is 5.91 Å². The highest BCUT2D eigenvalue weighted by atomic mass is 16.6. The first-order valence-corrected chi connectivity index (χ1v) is 6.70. The third-order valence-electron chi connectivity index (χ3n) is 3.01. The van der Waals surface area contributed by atoms with Crippen molar-refractivity contribution in [1.82, 2.24) is 5.32 Å². The number of hydrogen-bond acceptors (Lipinski definition) is 3. The second kappa shape index (κ2) is 6.80. The molecule has 0 saturated carbocycles. The molecule has 1 aliphatic heterocycles. The van der Waals surface area contributed by atoms with Gasteiger partial charge in [0.2, 0.25) is 0 Å². The van der Waals surface area contributed by atoms with E-state index in [0.717, 1.165) is 5.57 Å². The minimum absolute atomic E-state index is 0.120. The Balaban J connectivity index is 2.02. The summed E-state index contributed by atoms with van der Waals surface area (Å²) in [5.74, 6) is 1.20. The normalized spacial score (nSPS) is 14.4. The summed E-state index contributed by atoms with van der Waals surface area (Å²) in [6.45, 7) is 5.47. The molecule has 20 heavy (non-hydrogen) atoms. The van der Waals surface area contributed by atoms with E-state index in [4.69, 9.17) is 9.47 Å². The first-order chi connectivity index (χ1) is 9.74. The predicted molar refractivity (Wildman–Crippen MR) is 78.3 cm³/mol. The lowest BCUT2D eigenvalue weighted by Crippen LogP contribution is -2.25. The van der Waals surface area contributed by atoms with Crippen molar-refractivity contribution < 1.29 is 14.3 Å². The molecule has 1 aromatic carbocycles. The fourth-order valence-corrected chi connectivity index (χ4v) is 1.94. The van der Waals surface area contributed by atoms with Gasteiger partial charge >= 0.3 is 0 Å². The summed E-state index contributed by atoms with van der Waals surface area (Å²) in [5.41, 5.74) is 1.64. The monoisotopic (exact) mass is 273 g/mol. The molecule has 0 bridgehead atoms. The van der Waals surface area contributed by atoms with Gasteiger partial charge in [-0.05, 0) is 37.6 Å². The second-order valence-electron chi connectivity index (χ2n) is 4.40. The highest BCUT2D eigenvalue weighted by Gasteiger charge is 2.14. The van der Waals surface area contributed by atoms with E-state index in [0.29, 0.717) is 36.8 Å². The molecule has 0 unspecified atom stereocenters. The molecule has 0 atom stereocenters. The van der Waals surface area contributed by atoms with Gasteiger partial charge in [-0.15, -0.1) is 0 Å². The van der Waals surface area contributed by atoms with Crippen LogP contribution >= 0.6 is 0 Å². The quantitative estimate of drug-likeness (QED) is 0.858. The fourth-order valence-electron chi connectivity index (χ4n) is 1.94. The Labute approximate surface area is 119 Å². The van der Waals surface area contributed by atoms with Crippen LogP contribution in [0.4, 0.5) is 0 Å². The van der Waals surface area contributed by atoms with E-state index in [1.165, 1.54) is 0 Å². The maximum absolute atomic E-state index is 12.1. The number of amides is 1. The molecule has 1 aromatic rings. The van der Waals surface area contributed by atoms with Gasteiger partial charge in [0.05, 0.1) is 0 Å². The molecule has 0 fully saturated rings. The van der Waals surface area contributed by atoms with Gasteiger partial charge in [-0.2, -0.15) is 0 Å². The van der Waals surface area contributed by atoms with Crippen molar-refractivity contribution in [3.05, 3.63) is 47.6 Å². The highest BCUT2D eigenvalue weighted by Crippen LogP contribution is 2.30. The van der Waals surface area contributed by atoms with Crippen LogP contribution in [0.3, 0.4) is 0 Å². The molecule has 0 aromatic heterocycles. The van der Waals surface area contributed by atoms with Crippen LogP contribution in [0.25, 0.3) is 0 Å². The molecule has 0 radical (unpaired) electrons. The van der Waals surface area contributed by atoms with Gasteiger partial charge in [0.15, 0.2) is 11.5 Å². The minimum atomic E-state index is -0.120. The molecule has 1 aliphatic rings. The van der Waals surface area contributed by atoms with Crippen LogP contribution in [0.2, 0.25) is 0 Å². The van der Waals surface area contributed by atoms with Gasteiger partial charge < -0.3 is 14.8 Å². The average Bonchev–Trinajstić information content (AvgIpc) is 2.50. The number of hydrogen-bond donors (Lipinski definition) is 1. The smallest absolute Gasteiger partial charge is 0.251 e. The Bertz CT molecular complexity index is 547. The summed E-state index contributed by atoms with van der Waals surface area (Å²) < 4.78 is 10.9. The van der Waals surface area contributed by atoms with Gasteiger partial charge in [0, 0.05) is 12.1 Å². The number of nitrogens with one attached hydrogen (secondary N) is 1. The van der Waals surface area contributed by atoms with E-state index in [1.54, 1.807) is 18.2 Å². The van der Waals surface area contributed by atoms with E-state index >= 15 is 0 Å². The maximum atomic E-state index is 12.1. The summed E-state index contributed by atoms with van der Waals surface area (Å²) in [7, 11) is 0. The average molecular weight is 273 g/mol. The van der Waals surface area contributed by atoms with Crippen molar-refractivity contribution in [1.29, 1.82) is 0 Å². The van der Waals surface area contributed by atoms with E-state index < -0.39 is 0 Å². The molecule has 0 saturated heterocycles. The zero-order valence-corrected chi connectivity index (χ0v) is 11.8. The maximum Gasteiger partial charge on any atom is 0.251 e. The molecule has 1 N–H and O–H groups in total.